The molecule has 0 amide bonds. The Kier molecular flexibility index (Phi) is 6.26. The van der Waals surface area contributed by atoms with Crippen LogP contribution in [0, 0.1) is 24.5 Å². The first kappa shape index (κ1) is 20.4. The highest BCUT2D eigenvalue weighted by molar-refractivity contribution is 5.29. The van der Waals surface area contributed by atoms with E-state index in [9.17, 15) is 13.2 Å². The molecule has 0 unspecified atom stereocenters. The maximum absolute atomic E-state index is 13.9. The van der Waals surface area contributed by atoms with Gasteiger partial charge in [0.2, 0.25) is 0 Å². The van der Waals surface area contributed by atoms with E-state index in [1.165, 1.54) is 23.3 Å². The number of alkyl halides is 1. The Hall–Kier alpha value is -1.85. The molecule has 2 aromatic carbocycles. The van der Waals surface area contributed by atoms with Gasteiger partial charge in [0.1, 0.15) is 18.3 Å². The molecule has 0 bridgehead atoms. The maximum Gasteiger partial charge on any atom is 0.160 e. The Morgan fingerprint density at radius 3 is 1.97 bits per heavy atom. The molecule has 1 aliphatic heterocycles. The number of benzene rings is 2. The standard InChI is InChI=1S/C24H27F3O2/c1-15-2-4-17(5-3-15)20-13-28-24(29-14-20)18-8-6-16(7-9-18)19-10-22(26)21(12-25)23(27)11-19/h2-5,10-11,16,18,20,24H,6-9,12-14H2,1H3. The fourth-order valence-corrected chi connectivity index (χ4v) is 4.53. The molecule has 4 rings (SSSR count). The van der Waals surface area contributed by atoms with Crippen LogP contribution in [0.1, 0.15) is 59.8 Å². The van der Waals surface area contributed by atoms with Crippen molar-refractivity contribution in [3.63, 3.8) is 0 Å². The average molecular weight is 404 g/mol. The van der Waals surface area contributed by atoms with Gasteiger partial charge in [-0.05, 0) is 61.8 Å². The quantitative estimate of drug-likeness (QED) is 0.606. The lowest BCUT2D eigenvalue weighted by atomic mass is 9.78. The van der Waals surface area contributed by atoms with Crippen LogP contribution in [0.3, 0.4) is 0 Å². The van der Waals surface area contributed by atoms with E-state index in [4.69, 9.17) is 9.47 Å². The molecule has 5 heteroatoms. The van der Waals surface area contributed by atoms with Crippen LogP contribution in [0.2, 0.25) is 0 Å². The SMILES string of the molecule is Cc1ccc(C2COC(C3CCC(c4cc(F)c(CF)c(F)c4)CC3)OC2)cc1. The van der Waals surface area contributed by atoms with Gasteiger partial charge in [0.15, 0.2) is 6.29 Å². The molecular weight excluding hydrogens is 377 g/mol. The average Bonchev–Trinajstić information content (AvgIpc) is 2.74. The lowest BCUT2D eigenvalue weighted by Crippen LogP contribution is -2.37. The van der Waals surface area contributed by atoms with Gasteiger partial charge in [-0.3, -0.25) is 0 Å². The normalized spacial score (nSPS) is 27.7. The Bertz CT molecular complexity index is 798. The summed E-state index contributed by atoms with van der Waals surface area (Å²) < 4.78 is 52.6. The first-order valence-corrected chi connectivity index (χ1v) is 10.4. The van der Waals surface area contributed by atoms with E-state index < -0.39 is 23.9 Å². The van der Waals surface area contributed by atoms with Gasteiger partial charge in [-0.15, -0.1) is 0 Å². The minimum atomic E-state index is -1.12. The molecule has 0 N–H and O–H groups in total. The summed E-state index contributed by atoms with van der Waals surface area (Å²) in [6.45, 7) is 2.25. The van der Waals surface area contributed by atoms with E-state index in [2.05, 4.69) is 31.2 Å². The van der Waals surface area contributed by atoms with Crippen LogP contribution in [-0.4, -0.2) is 19.5 Å². The molecule has 1 aliphatic carbocycles. The molecular formula is C24H27F3O2. The summed E-state index contributed by atoms with van der Waals surface area (Å²) in [5, 5.41) is 0. The largest absolute Gasteiger partial charge is 0.352 e. The first-order valence-electron chi connectivity index (χ1n) is 10.4. The molecule has 1 saturated heterocycles. The fourth-order valence-electron chi connectivity index (χ4n) is 4.53. The van der Waals surface area contributed by atoms with E-state index in [0.29, 0.717) is 24.7 Å². The summed E-state index contributed by atoms with van der Waals surface area (Å²) in [6, 6.07) is 11.1. The zero-order chi connectivity index (χ0) is 20.4. The highest BCUT2D eigenvalue weighted by Crippen LogP contribution is 2.40. The third-order valence-corrected chi connectivity index (χ3v) is 6.40. The summed E-state index contributed by atoms with van der Waals surface area (Å²) in [4.78, 5) is 0. The van der Waals surface area contributed by atoms with Crippen molar-refractivity contribution in [3.05, 3.63) is 70.3 Å². The second-order valence-corrected chi connectivity index (χ2v) is 8.35. The molecule has 0 radical (unpaired) electrons. The molecule has 29 heavy (non-hydrogen) atoms. The molecule has 1 heterocycles. The minimum Gasteiger partial charge on any atom is -0.352 e. The molecule has 0 aromatic heterocycles. The van der Waals surface area contributed by atoms with Gasteiger partial charge in [0, 0.05) is 11.8 Å². The third kappa shape index (κ3) is 4.51. The summed E-state index contributed by atoms with van der Waals surface area (Å²) in [7, 11) is 0. The Balaban J connectivity index is 1.31. The molecule has 0 spiro atoms. The number of hydrogen-bond acceptors (Lipinski definition) is 2. The predicted molar refractivity (Wildman–Crippen MR) is 105 cm³/mol. The minimum absolute atomic E-state index is 0.0906. The van der Waals surface area contributed by atoms with Crippen LogP contribution in [0.4, 0.5) is 13.2 Å². The molecule has 2 fully saturated rings. The highest BCUT2D eigenvalue weighted by atomic mass is 19.1. The van der Waals surface area contributed by atoms with Gasteiger partial charge in [0.05, 0.1) is 18.8 Å². The van der Waals surface area contributed by atoms with E-state index in [1.807, 2.05) is 0 Å². The van der Waals surface area contributed by atoms with Crippen LogP contribution >= 0.6 is 0 Å². The van der Waals surface area contributed by atoms with Gasteiger partial charge in [-0.1, -0.05) is 29.8 Å². The van der Waals surface area contributed by atoms with E-state index in [-0.39, 0.29) is 18.1 Å². The molecule has 1 saturated carbocycles. The van der Waals surface area contributed by atoms with Crippen molar-refractivity contribution in [2.75, 3.05) is 13.2 Å². The van der Waals surface area contributed by atoms with Crippen LogP contribution in [0.15, 0.2) is 36.4 Å². The van der Waals surface area contributed by atoms with Crippen molar-refractivity contribution in [2.45, 2.75) is 57.4 Å². The molecule has 156 valence electrons. The van der Waals surface area contributed by atoms with Crippen LogP contribution < -0.4 is 0 Å². The fraction of sp³-hybridized carbons (Fsp3) is 0.500. The molecule has 2 aliphatic rings. The van der Waals surface area contributed by atoms with Gasteiger partial charge < -0.3 is 9.47 Å². The monoisotopic (exact) mass is 404 g/mol. The predicted octanol–water partition coefficient (Wildman–Crippen LogP) is 6.17. The summed E-state index contributed by atoms with van der Waals surface area (Å²) in [5.41, 5.74) is 2.62. The lowest BCUT2D eigenvalue weighted by molar-refractivity contribution is -0.217. The second-order valence-electron chi connectivity index (χ2n) is 8.35. The number of ether oxygens (including phenoxy) is 2. The summed E-state index contributed by atoms with van der Waals surface area (Å²) in [6.07, 6.45) is 3.21. The van der Waals surface area contributed by atoms with Crippen LogP contribution in [0.25, 0.3) is 0 Å². The Morgan fingerprint density at radius 1 is 0.828 bits per heavy atom. The maximum atomic E-state index is 13.9. The van der Waals surface area contributed by atoms with Gasteiger partial charge >= 0.3 is 0 Å². The molecule has 2 nitrogen and oxygen atoms in total. The molecule has 0 atom stereocenters. The highest BCUT2D eigenvalue weighted by Gasteiger charge is 2.33. The number of halogens is 3. The second kappa shape index (κ2) is 8.88. The topological polar surface area (TPSA) is 18.5 Å². The van der Waals surface area contributed by atoms with Crippen molar-refractivity contribution < 1.29 is 22.6 Å². The number of rotatable bonds is 4. The zero-order valence-corrected chi connectivity index (χ0v) is 16.7. The lowest BCUT2D eigenvalue weighted by Gasteiger charge is -2.38. The Labute approximate surface area is 170 Å². The smallest absolute Gasteiger partial charge is 0.160 e. The van der Waals surface area contributed by atoms with Gasteiger partial charge in [-0.2, -0.15) is 0 Å². The van der Waals surface area contributed by atoms with Crippen molar-refractivity contribution in [1.82, 2.24) is 0 Å². The Morgan fingerprint density at radius 2 is 1.41 bits per heavy atom. The summed E-state index contributed by atoms with van der Waals surface area (Å²) >= 11 is 0. The molecule has 2 aromatic rings. The number of hydrogen-bond donors (Lipinski definition) is 0. The zero-order valence-electron chi connectivity index (χ0n) is 16.7. The number of aryl methyl sites for hydroxylation is 1. The third-order valence-electron chi connectivity index (χ3n) is 6.40. The van der Waals surface area contributed by atoms with Crippen molar-refractivity contribution in [2.24, 2.45) is 5.92 Å². The van der Waals surface area contributed by atoms with Crippen LogP contribution in [-0.2, 0) is 16.1 Å². The van der Waals surface area contributed by atoms with Crippen molar-refractivity contribution in [3.8, 4) is 0 Å². The summed E-state index contributed by atoms with van der Waals surface area (Å²) in [5.74, 6) is -0.933. The van der Waals surface area contributed by atoms with Crippen LogP contribution in [0.5, 0.6) is 0 Å². The first-order chi connectivity index (χ1) is 14.0. The van der Waals surface area contributed by atoms with Crippen molar-refractivity contribution in [1.29, 1.82) is 0 Å². The van der Waals surface area contributed by atoms with Gasteiger partial charge in [0.25, 0.3) is 0 Å². The van der Waals surface area contributed by atoms with E-state index in [1.54, 1.807) is 0 Å². The van der Waals surface area contributed by atoms with Gasteiger partial charge in [-0.25, -0.2) is 13.2 Å². The van der Waals surface area contributed by atoms with E-state index in [0.717, 1.165) is 25.7 Å². The van der Waals surface area contributed by atoms with E-state index >= 15 is 0 Å². The van der Waals surface area contributed by atoms with Crippen molar-refractivity contribution >= 4 is 0 Å².